The van der Waals surface area contributed by atoms with Crippen molar-refractivity contribution in [3.05, 3.63) is 40.3 Å². The molecule has 0 saturated carbocycles. The first-order valence-corrected chi connectivity index (χ1v) is 10.2. The van der Waals surface area contributed by atoms with E-state index >= 15 is 0 Å². The molecule has 1 atom stereocenters. The number of amides is 4. The Bertz CT molecular complexity index is 908. The molecule has 4 amide bonds. The molecule has 146 valence electrons. The van der Waals surface area contributed by atoms with Crippen LogP contribution in [0, 0.1) is 0 Å². The second-order valence-corrected chi connectivity index (χ2v) is 8.17. The number of urea groups is 1. The molecule has 3 aliphatic rings. The van der Waals surface area contributed by atoms with Gasteiger partial charge in [-0.3, -0.25) is 14.5 Å². The smallest absolute Gasteiger partial charge is 0.350 e. The Balaban J connectivity index is 1.45. The minimum Gasteiger partial charge on any atom is -0.496 e. The van der Waals surface area contributed by atoms with Crippen molar-refractivity contribution in [2.45, 2.75) is 24.1 Å². The van der Waals surface area contributed by atoms with E-state index in [2.05, 4.69) is 4.99 Å². The monoisotopic (exact) mass is 419 g/mol. The van der Waals surface area contributed by atoms with Crippen molar-refractivity contribution in [2.24, 2.45) is 4.99 Å². The Morgan fingerprint density at radius 2 is 2.04 bits per heavy atom. The summed E-state index contributed by atoms with van der Waals surface area (Å²) in [6, 6.07) is 4.16. The molecule has 1 fully saturated rings. The zero-order valence-corrected chi connectivity index (χ0v) is 16.7. The molecule has 28 heavy (non-hydrogen) atoms. The fourth-order valence-electron chi connectivity index (χ4n) is 3.69. The molecule has 1 saturated heterocycles. The molecule has 1 aromatic carbocycles. The lowest BCUT2D eigenvalue weighted by Crippen LogP contribution is -2.55. The Hall–Kier alpha value is -2.32. The molecular formula is C19H18ClN3O4S. The van der Waals surface area contributed by atoms with Crippen molar-refractivity contribution < 1.29 is 19.1 Å². The standard InChI is InChI=1S/C19H18ClN3O4S/c1-27-15-3-2-11(20)10-13(15)17(24)22-7-4-12(5-8-22)23-18(25)16-14(6-9-28-16)21-19(23)26/h2-3,6,9-10,12,16H,4-5,7-8H2,1H3. The van der Waals surface area contributed by atoms with Crippen LogP contribution in [0.25, 0.3) is 0 Å². The van der Waals surface area contributed by atoms with Gasteiger partial charge in [-0.15, -0.1) is 11.8 Å². The van der Waals surface area contributed by atoms with Crippen molar-refractivity contribution >= 4 is 46.9 Å². The molecule has 3 aliphatic heterocycles. The van der Waals surface area contributed by atoms with E-state index in [0.717, 1.165) is 0 Å². The number of halogens is 1. The zero-order chi connectivity index (χ0) is 19.8. The van der Waals surface area contributed by atoms with Gasteiger partial charge in [0.15, 0.2) is 0 Å². The van der Waals surface area contributed by atoms with Gasteiger partial charge in [0.25, 0.3) is 11.8 Å². The molecule has 0 aromatic heterocycles. The van der Waals surface area contributed by atoms with Gasteiger partial charge < -0.3 is 9.64 Å². The van der Waals surface area contributed by atoms with Crippen molar-refractivity contribution in [1.29, 1.82) is 0 Å². The Kier molecular flexibility index (Phi) is 5.16. The molecule has 3 heterocycles. The van der Waals surface area contributed by atoms with Gasteiger partial charge in [-0.1, -0.05) is 11.6 Å². The molecule has 0 N–H and O–H groups in total. The highest BCUT2D eigenvalue weighted by atomic mass is 35.5. The van der Waals surface area contributed by atoms with Crippen molar-refractivity contribution in [1.82, 2.24) is 9.80 Å². The number of fused-ring (bicyclic) bond motifs is 1. The summed E-state index contributed by atoms with van der Waals surface area (Å²) in [7, 11) is 1.50. The van der Waals surface area contributed by atoms with Crippen LogP contribution in [0.2, 0.25) is 5.02 Å². The summed E-state index contributed by atoms with van der Waals surface area (Å²) in [4.78, 5) is 45.0. The number of carbonyl (C=O) groups excluding carboxylic acids is 3. The fraction of sp³-hybridized carbons (Fsp3) is 0.368. The SMILES string of the molecule is COc1ccc(Cl)cc1C(=O)N1CCC(N2C(=O)N=C3C=CSC3C2=O)CC1. The van der Waals surface area contributed by atoms with Crippen molar-refractivity contribution in [3.8, 4) is 5.75 Å². The molecule has 0 radical (unpaired) electrons. The second-order valence-electron chi connectivity index (χ2n) is 6.71. The van der Waals surface area contributed by atoms with E-state index in [-0.39, 0.29) is 17.9 Å². The topological polar surface area (TPSA) is 79.3 Å². The average molecular weight is 420 g/mol. The number of carbonyl (C=O) groups is 3. The lowest BCUT2D eigenvalue weighted by molar-refractivity contribution is -0.129. The molecule has 7 nitrogen and oxygen atoms in total. The van der Waals surface area contributed by atoms with Gasteiger partial charge in [-0.05, 0) is 42.5 Å². The third-order valence-electron chi connectivity index (χ3n) is 5.12. The van der Waals surface area contributed by atoms with Crippen LogP contribution in [0.15, 0.2) is 34.7 Å². The van der Waals surface area contributed by atoms with Crippen molar-refractivity contribution in [2.75, 3.05) is 20.2 Å². The van der Waals surface area contributed by atoms with Crippen LogP contribution in [0.5, 0.6) is 5.75 Å². The average Bonchev–Trinajstić information content (AvgIpc) is 3.16. The first-order chi connectivity index (χ1) is 13.5. The highest BCUT2D eigenvalue weighted by Crippen LogP contribution is 2.31. The second kappa shape index (κ2) is 7.60. The molecule has 1 aromatic rings. The van der Waals surface area contributed by atoms with Gasteiger partial charge in [0, 0.05) is 24.2 Å². The third kappa shape index (κ3) is 3.31. The van der Waals surface area contributed by atoms with Crippen molar-refractivity contribution in [3.63, 3.8) is 0 Å². The largest absolute Gasteiger partial charge is 0.496 e. The highest BCUT2D eigenvalue weighted by molar-refractivity contribution is 8.04. The maximum absolute atomic E-state index is 12.9. The number of nitrogens with zero attached hydrogens (tertiary/aromatic N) is 3. The lowest BCUT2D eigenvalue weighted by atomic mass is 10.0. The maximum Gasteiger partial charge on any atom is 0.350 e. The third-order valence-corrected chi connectivity index (χ3v) is 6.37. The van der Waals surface area contributed by atoms with Crippen LogP contribution >= 0.6 is 23.4 Å². The predicted octanol–water partition coefficient (Wildman–Crippen LogP) is 2.99. The number of allylic oxidation sites excluding steroid dienone is 1. The summed E-state index contributed by atoms with van der Waals surface area (Å²) >= 11 is 7.40. The van der Waals surface area contributed by atoms with Crippen LogP contribution in [0.4, 0.5) is 4.79 Å². The van der Waals surface area contributed by atoms with Crippen LogP contribution in [0.1, 0.15) is 23.2 Å². The maximum atomic E-state index is 12.9. The normalized spacial score (nSPS) is 22.4. The van der Waals surface area contributed by atoms with E-state index < -0.39 is 11.3 Å². The van der Waals surface area contributed by atoms with Gasteiger partial charge in [-0.2, -0.15) is 4.99 Å². The first-order valence-electron chi connectivity index (χ1n) is 8.90. The van der Waals surface area contributed by atoms with Gasteiger partial charge >= 0.3 is 6.03 Å². The van der Waals surface area contributed by atoms with Crippen LogP contribution in [-0.2, 0) is 4.79 Å². The number of rotatable bonds is 3. The minimum atomic E-state index is -0.510. The number of imide groups is 1. The molecule has 4 rings (SSSR count). The first kappa shape index (κ1) is 19.0. The molecule has 0 aliphatic carbocycles. The summed E-state index contributed by atoms with van der Waals surface area (Å²) < 4.78 is 5.27. The van der Waals surface area contributed by atoms with E-state index in [1.165, 1.54) is 23.8 Å². The Morgan fingerprint density at radius 3 is 2.75 bits per heavy atom. The Morgan fingerprint density at radius 1 is 1.29 bits per heavy atom. The minimum absolute atomic E-state index is 0.176. The molecule has 9 heteroatoms. The number of ether oxygens (including phenoxy) is 1. The highest BCUT2D eigenvalue weighted by Gasteiger charge is 2.43. The molecule has 0 bridgehead atoms. The Labute approximate surface area is 171 Å². The van der Waals surface area contributed by atoms with Gasteiger partial charge in [0.1, 0.15) is 11.0 Å². The summed E-state index contributed by atoms with van der Waals surface area (Å²) in [5, 5.41) is 1.82. The van der Waals surface area contributed by atoms with E-state index in [1.54, 1.807) is 34.6 Å². The molecule has 0 spiro atoms. The molecule has 1 unspecified atom stereocenters. The number of likely N-dealkylation sites (tertiary alicyclic amines) is 1. The number of hydrogen-bond donors (Lipinski definition) is 0. The summed E-state index contributed by atoms with van der Waals surface area (Å²) in [6.45, 7) is 0.867. The van der Waals surface area contributed by atoms with Crippen LogP contribution in [0.3, 0.4) is 0 Å². The van der Waals surface area contributed by atoms with Gasteiger partial charge in [-0.25, -0.2) is 4.79 Å². The summed E-state index contributed by atoms with van der Waals surface area (Å²) in [5.41, 5.74) is 0.929. The van der Waals surface area contributed by atoms with E-state index in [4.69, 9.17) is 16.3 Å². The number of piperidine rings is 1. The fourth-order valence-corrected chi connectivity index (χ4v) is 4.74. The van der Waals surface area contributed by atoms with Gasteiger partial charge in [0.05, 0.1) is 18.4 Å². The van der Waals surface area contributed by atoms with E-state index in [1.807, 2.05) is 0 Å². The number of thioether (sulfide) groups is 1. The predicted molar refractivity (Wildman–Crippen MR) is 107 cm³/mol. The summed E-state index contributed by atoms with van der Waals surface area (Å²) in [6.07, 6.45) is 2.74. The number of hydrogen-bond acceptors (Lipinski definition) is 5. The number of benzene rings is 1. The van der Waals surface area contributed by atoms with E-state index in [9.17, 15) is 14.4 Å². The zero-order valence-electron chi connectivity index (χ0n) is 15.1. The quantitative estimate of drug-likeness (QED) is 0.752. The lowest BCUT2D eigenvalue weighted by Gasteiger charge is -2.38. The van der Waals surface area contributed by atoms with Gasteiger partial charge in [0.2, 0.25) is 0 Å². The number of aliphatic imine (C=N–C) groups is 1. The summed E-state index contributed by atoms with van der Waals surface area (Å²) in [5.74, 6) is 0.0711. The molecular weight excluding hydrogens is 402 g/mol. The van der Waals surface area contributed by atoms with Crippen LogP contribution < -0.4 is 4.74 Å². The van der Waals surface area contributed by atoms with Crippen LogP contribution in [-0.4, -0.2) is 64.8 Å². The van der Waals surface area contributed by atoms with E-state index in [0.29, 0.717) is 48.0 Å². The number of methoxy groups -OCH3 is 1.